The minimum absolute atomic E-state index is 0.0462. The fourth-order valence-corrected chi connectivity index (χ4v) is 3.38. The van der Waals surface area contributed by atoms with Gasteiger partial charge in [-0.2, -0.15) is 0 Å². The van der Waals surface area contributed by atoms with E-state index in [0.29, 0.717) is 21.6 Å². The molecule has 0 fully saturated rings. The molecule has 7 heteroatoms. The molecule has 0 aliphatic heterocycles. The Balaban J connectivity index is 1.78. The highest BCUT2D eigenvalue weighted by atomic mass is 35.5. The van der Waals surface area contributed by atoms with Crippen LogP contribution in [0.4, 0.5) is 5.69 Å². The van der Waals surface area contributed by atoms with Crippen molar-refractivity contribution < 1.29 is 4.79 Å². The number of aromatic nitrogens is 3. The van der Waals surface area contributed by atoms with Crippen LogP contribution < -0.4 is 5.32 Å². The fourth-order valence-electron chi connectivity index (χ4n) is 3.03. The first-order valence-corrected chi connectivity index (χ1v) is 10.0. The number of amides is 1. The first-order chi connectivity index (χ1) is 14.4. The smallest absolute Gasteiger partial charge is 0.295 e. The van der Waals surface area contributed by atoms with E-state index in [9.17, 15) is 4.79 Å². The van der Waals surface area contributed by atoms with E-state index < -0.39 is 5.91 Å². The van der Waals surface area contributed by atoms with Crippen LogP contribution in [-0.4, -0.2) is 20.7 Å². The Kier molecular flexibility index (Phi) is 5.57. The van der Waals surface area contributed by atoms with E-state index in [2.05, 4.69) is 15.4 Å². The summed E-state index contributed by atoms with van der Waals surface area (Å²) < 4.78 is 1.65. The van der Waals surface area contributed by atoms with Crippen molar-refractivity contribution in [1.29, 1.82) is 0 Å². The van der Waals surface area contributed by atoms with E-state index in [0.717, 1.165) is 22.4 Å². The monoisotopic (exact) mass is 436 g/mol. The molecule has 30 heavy (non-hydrogen) atoms. The quantitative estimate of drug-likeness (QED) is 0.419. The maximum Gasteiger partial charge on any atom is 0.295 e. The maximum absolute atomic E-state index is 12.9. The van der Waals surface area contributed by atoms with Crippen molar-refractivity contribution in [2.24, 2.45) is 0 Å². The molecule has 150 valence electrons. The van der Waals surface area contributed by atoms with Crippen molar-refractivity contribution in [2.45, 2.75) is 13.8 Å². The van der Waals surface area contributed by atoms with Crippen LogP contribution >= 0.6 is 23.2 Å². The SMILES string of the molecule is Cc1ccc(NC(=O)c2nc(-c3ccccc3)n(-c3cccc(Cl)c3C)n2)cc1Cl. The largest absolute Gasteiger partial charge is 0.319 e. The standard InChI is InChI=1S/C23H18Cl2N4O/c1-14-11-12-17(13-19(14)25)26-23(30)21-27-22(16-7-4-3-5-8-16)29(28-21)20-10-6-9-18(24)15(20)2/h3-13H,1-2H3,(H,26,30). The highest BCUT2D eigenvalue weighted by Gasteiger charge is 2.20. The molecule has 4 rings (SSSR count). The highest BCUT2D eigenvalue weighted by molar-refractivity contribution is 6.32. The summed E-state index contributed by atoms with van der Waals surface area (Å²) in [7, 11) is 0. The molecule has 0 aliphatic rings. The van der Waals surface area contributed by atoms with Crippen LogP contribution in [0.15, 0.2) is 66.7 Å². The molecule has 3 aromatic carbocycles. The summed E-state index contributed by atoms with van der Waals surface area (Å²) in [5.74, 6) is 0.170. The van der Waals surface area contributed by atoms with Gasteiger partial charge in [-0.05, 0) is 49.2 Å². The van der Waals surface area contributed by atoms with Crippen LogP contribution in [0.1, 0.15) is 21.7 Å². The average Bonchev–Trinajstić information content (AvgIpc) is 3.19. The molecule has 1 heterocycles. The summed E-state index contributed by atoms with van der Waals surface area (Å²) in [6.45, 7) is 3.80. The van der Waals surface area contributed by atoms with E-state index >= 15 is 0 Å². The van der Waals surface area contributed by atoms with Gasteiger partial charge in [0, 0.05) is 21.3 Å². The second-order valence-electron chi connectivity index (χ2n) is 6.84. The third-order valence-electron chi connectivity index (χ3n) is 4.74. The Labute approximate surface area is 184 Å². The molecule has 1 N–H and O–H groups in total. The van der Waals surface area contributed by atoms with Crippen LogP contribution in [0.3, 0.4) is 0 Å². The Morgan fingerprint density at radius 1 is 0.933 bits per heavy atom. The van der Waals surface area contributed by atoms with E-state index in [1.807, 2.05) is 68.4 Å². The van der Waals surface area contributed by atoms with Crippen molar-refractivity contribution in [2.75, 3.05) is 5.32 Å². The third-order valence-corrected chi connectivity index (χ3v) is 5.56. The highest BCUT2D eigenvalue weighted by Crippen LogP contribution is 2.27. The van der Waals surface area contributed by atoms with E-state index in [1.165, 1.54) is 0 Å². The first-order valence-electron chi connectivity index (χ1n) is 9.29. The summed E-state index contributed by atoms with van der Waals surface area (Å²) in [5, 5.41) is 8.49. The summed E-state index contributed by atoms with van der Waals surface area (Å²) in [6, 6.07) is 20.5. The molecule has 0 bridgehead atoms. The molecule has 5 nitrogen and oxygen atoms in total. The number of halogens is 2. The zero-order chi connectivity index (χ0) is 21.3. The van der Waals surface area contributed by atoms with E-state index in [-0.39, 0.29) is 5.82 Å². The van der Waals surface area contributed by atoms with Crippen LogP contribution in [-0.2, 0) is 0 Å². The molecule has 0 saturated carbocycles. The number of nitrogens with zero attached hydrogens (tertiary/aromatic N) is 3. The second kappa shape index (κ2) is 8.30. The normalized spacial score (nSPS) is 10.8. The Bertz CT molecular complexity index is 1240. The molecular weight excluding hydrogens is 419 g/mol. The van der Waals surface area contributed by atoms with Gasteiger partial charge in [0.05, 0.1) is 5.69 Å². The lowest BCUT2D eigenvalue weighted by Crippen LogP contribution is -2.14. The number of nitrogens with one attached hydrogen (secondary N) is 1. The molecule has 0 unspecified atom stereocenters. The zero-order valence-electron chi connectivity index (χ0n) is 16.4. The van der Waals surface area contributed by atoms with Crippen molar-refractivity contribution in [3.05, 3.63) is 93.7 Å². The summed E-state index contributed by atoms with van der Waals surface area (Å²) >= 11 is 12.5. The number of hydrogen-bond acceptors (Lipinski definition) is 3. The maximum atomic E-state index is 12.9. The van der Waals surface area contributed by atoms with E-state index in [1.54, 1.807) is 16.8 Å². The summed E-state index contributed by atoms with van der Waals surface area (Å²) in [4.78, 5) is 17.4. The Hall–Kier alpha value is -3.15. The predicted molar refractivity (Wildman–Crippen MR) is 121 cm³/mol. The summed E-state index contributed by atoms with van der Waals surface area (Å²) in [6.07, 6.45) is 0. The molecule has 1 amide bonds. The third kappa shape index (κ3) is 3.95. The molecule has 0 radical (unpaired) electrons. The topological polar surface area (TPSA) is 59.8 Å². The van der Waals surface area contributed by atoms with Gasteiger partial charge in [0.15, 0.2) is 5.82 Å². The van der Waals surface area contributed by atoms with Crippen LogP contribution in [0.5, 0.6) is 0 Å². The van der Waals surface area contributed by atoms with Gasteiger partial charge in [0.1, 0.15) is 0 Å². The zero-order valence-corrected chi connectivity index (χ0v) is 17.9. The first kappa shape index (κ1) is 20.1. The molecule has 0 atom stereocenters. The number of rotatable bonds is 4. The van der Waals surface area contributed by atoms with Gasteiger partial charge in [0.25, 0.3) is 5.91 Å². The van der Waals surface area contributed by atoms with Gasteiger partial charge < -0.3 is 5.32 Å². The van der Waals surface area contributed by atoms with Gasteiger partial charge in [-0.25, -0.2) is 9.67 Å². The molecule has 4 aromatic rings. The van der Waals surface area contributed by atoms with Crippen LogP contribution in [0.25, 0.3) is 17.1 Å². The molecule has 0 aliphatic carbocycles. The van der Waals surface area contributed by atoms with Crippen LogP contribution in [0, 0.1) is 13.8 Å². The number of benzene rings is 3. The Morgan fingerprint density at radius 2 is 1.70 bits per heavy atom. The van der Waals surface area contributed by atoms with Crippen molar-refractivity contribution in [3.8, 4) is 17.1 Å². The predicted octanol–water partition coefficient (Wildman–Crippen LogP) is 6.11. The van der Waals surface area contributed by atoms with Gasteiger partial charge >= 0.3 is 0 Å². The minimum Gasteiger partial charge on any atom is -0.319 e. The number of aryl methyl sites for hydroxylation is 1. The number of carbonyl (C=O) groups excluding carboxylic acids is 1. The minimum atomic E-state index is -0.425. The number of anilines is 1. The van der Waals surface area contributed by atoms with Gasteiger partial charge in [-0.15, -0.1) is 5.10 Å². The number of carbonyl (C=O) groups is 1. The second-order valence-corrected chi connectivity index (χ2v) is 7.65. The molecule has 1 aromatic heterocycles. The van der Waals surface area contributed by atoms with Gasteiger partial charge in [-0.3, -0.25) is 4.79 Å². The number of hydrogen-bond donors (Lipinski definition) is 1. The lowest BCUT2D eigenvalue weighted by Gasteiger charge is -2.10. The van der Waals surface area contributed by atoms with Crippen molar-refractivity contribution in [3.63, 3.8) is 0 Å². The lowest BCUT2D eigenvalue weighted by molar-refractivity contribution is 0.101. The Morgan fingerprint density at radius 3 is 2.43 bits per heavy atom. The van der Waals surface area contributed by atoms with Crippen LogP contribution in [0.2, 0.25) is 10.0 Å². The van der Waals surface area contributed by atoms with Gasteiger partial charge in [-0.1, -0.05) is 65.7 Å². The van der Waals surface area contributed by atoms with Gasteiger partial charge in [0.2, 0.25) is 5.82 Å². The molecular formula is C23H18Cl2N4O. The summed E-state index contributed by atoms with van der Waals surface area (Å²) in [5.41, 5.74) is 3.94. The van der Waals surface area contributed by atoms with Crippen molar-refractivity contribution in [1.82, 2.24) is 14.8 Å². The lowest BCUT2D eigenvalue weighted by atomic mass is 10.2. The molecule has 0 saturated heterocycles. The fraction of sp³-hybridized carbons (Fsp3) is 0.0870. The average molecular weight is 437 g/mol. The molecule has 0 spiro atoms. The van der Waals surface area contributed by atoms with Crippen molar-refractivity contribution >= 4 is 34.8 Å². The van der Waals surface area contributed by atoms with E-state index in [4.69, 9.17) is 23.2 Å².